The van der Waals surface area contributed by atoms with Crippen molar-refractivity contribution in [3.8, 4) is 0 Å². The minimum atomic E-state index is -2.46. The summed E-state index contributed by atoms with van der Waals surface area (Å²) >= 11 is 3.29. The number of rotatable bonds is 1. The van der Waals surface area contributed by atoms with Crippen molar-refractivity contribution in [2.75, 3.05) is 0 Å². The molecule has 0 radical (unpaired) electrons. The second kappa shape index (κ2) is 3.85. The lowest BCUT2D eigenvalue weighted by Gasteiger charge is -2.27. The zero-order chi connectivity index (χ0) is 11.1. The molecule has 1 aromatic heterocycles. The normalized spacial score (nSPS) is 21.9. The van der Waals surface area contributed by atoms with Gasteiger partial charge in [-0.15, -0.1) is 0 Å². The highest BCUT2D eigenvalue weighted by molar-refractivity contribution is 9.10. The summed E-state index contributed by atoms with van der Waals surface area (Å²) in [7, 11) is 1.90. The topological polar surface area (TPSA) is 17.8 Å². The van der Waals surface area contributed by atoms with E-state index in [4.69, 9.17) is 0 Å². The zero-order valence-corrected chi connectivity index (χ0v) is 10.1. The van der Waals surface area contributed by atoms with Crippen LogP contribution in [-0.2, 0) is 7.05 Å². The Hall–Kier alpha value is -0.450. The van der Waals surface area contributed by atoms with Gasteiger partial charge in [0.2, 0.25) is 5.92 Å². The van der Waals surface area contributed by atoms with Crippen molar-refractivity contribution >= 4 is 15.9 Å². The van der Waals surface area contributed by atoms with E-state index >= 15 is 0 Å². The highest BCUT2D eigenvalue weighted by Gasteiger charge is 2.36. The molecule has 0 bridgehead atoms. The lowest BCUT2D eigenvalue weighted by Crippen LogP contribution is -2.24. The number of halogens is 3. The molecule has 2 rings (SSSR count). The average molecular weight is 279 g/mol. The summed E-state index contributed by atoms with van der Waals surface area (Å²) in [6, 6.07) is 0. The molecule has 0 aromatic carbocycles. The van der Waals surface area contributed by atoms with E-state index in [1.165, 1.54) is 0 Å². The maximum absolute atomic E-state index is 13.0. The van der Waals surface area contributed by atoms with Crippen LogP contribution in [0.2, 0.25) is 0 Å². The van der Waals surface area contributed by atoms with Crippen LogP contribution < -0.4 is 0 Å². The van der Waals surface area contributed by atoms with Crippen molar-refractivity contribution in [2.24, 2.45) is 7.05 Å². The van der Waals surface area contributed by atoms with Gasteiger partial charge in [-0.25, -0.2) is 13.8 Å². The molecule has 0 atom stereocenters. The first kappa shape index (κ1) is 11.0. The molecule has 0 N–H and O–H groups in total. The fourth-order valence-corrected chi connectivity index (χ4v) is 2.61. The van der Waals surface area contributed by atoms with Crippen molar-refractivity contribution in [3.63, 3.8) is 0 Å². The van der Waals surface area contributed by atoms with Crippen molar-refractivity contribution in [2.45, 2.75) is 37.5 Å². The van der Waals surface area contributed by atoms with Crippen LogP contribution in [-0.4, -0.2) is 15.5 Å². The van der Waals surface area contributed by atoms with Crippen LogP contribution in [0.1, 0.15) is 37.4 Å². The molecule has 0 aliphatic heterocycles. The highest BCUT2D eigenvalue weighted by atomic mass is 79.9. The summed E-state index contributed by atoms with van der Waals surface area (Å²) < 4.78 is 28.6. The molecule has 15 heavy (non-hydrogen) atoms. The first-order valence-corrected chi connectivity index (χ1v) is 5.84. The molecule has 1 aromatic rings. The molecule has 1 aliphatic carbocycles. The SMILES string of the molecule is Cn1cc(Br)nc1C1CCC(F)(F)CC1. The summed E-state index contributed by atoms with van der Waals surface area (Å²) in [5, 5.41) is 0. The Labute approximate surface area is 95.8 Å². The molecule has 1 fully saturated rings. The molecule has 2 nitrogen and oxygen atoms in total. The Morgan fingerprint density at radius 3 is 2.53 bits per heavy atom. The molecule has 84 valence electrons. The quantitative estimate of drug-likeness (QED) is 0.769. The van der Waals surface area contributed by atoms with Crippen LogP contribution in [0.15, 0.2) is 10.8 Å². The van der Waals surface area contributed by atoms with Gasteiger partial charge in [-0.3, -0.25) is 0 Å². The van der Waals surface area contributed by atoms with E-state index in [-0.39, 0.29) is 18.8 Å². The van der Waals surface area contributed by atoms with Gasteiger partial charge in [0.15, 0.2) is 0 Å². The number of aromatic nitrogens is 2. The maximum atomic E-state index is 13.0. The second-order valence-corrected chi connectivity index (χ2v) is 4.98. The largest absolute Gasteiger partial charge is 0.337 e. The molecule has 1 aliphatic rings. The number of alkyl halides is 2. The minimum Gasteiger partial charge on any atom is -0.337 e. The summed E-state index contributed by atoms with van der Waals surface area (Å²) in [6.45, 7) is 0. The van der Waals surface area contributed by atoms with Crippen LogP contribution in [0.5, 0.6) is 0 Å². The summed E-state index contributed by atoms with van der Waals surface area (Å²) in [4.78, 5) is 4.32. The molecule has 0 amide bonds. The van der Waals surface area contributed by atoms with Crippen LogP contribution in [0.3, 0.4) is 0 Å². The lowest BCUT2D eigenvalue weighted by atomic mass is 9.86. The number of imidazole rings is 1. The van der Waals surface area contributed by atoms with Gasteiger partial charge in [0.25, 0.3) is 0 Å². The van der Waals surface area contributed by atoms with Gasteiger partial charge in [-0.05, 0) is 28.8 Å². The fourth-order valence-electron chi connectivity index (χ4n) is 2.12. The first-order valence-electron chi connectivity index (χ1n) is 5.04. The number of aryl methyl sites for hydroxylation is 1. The predicted molar refractivity (Wildman–Crippen MR) is 57.1 cm³/mol. The highest BCUT2D eigenvalue weighted by Crippen LogP contribution is 2.40. The standard InChI is InChI=1S/C10H13BrF2N2/c1-15-6-8(11)14-9(15)7-2-4-10(12,13)5-3-7/h6-7H,2-5H2,1H3. The fraction of sp³-hybridized carbons (Fsp3) is 0.700. The molecule has 1 saturated carbocycles. The summed E-state index contributed by atoms with van der Waals surface area (Å²) in [5.74, 6) is -1.36. The average Bonchev–Trinajstić information content (AvgIpc) is 2.45. The van der Waals surface area contributed by atoms with Crippen LogP contribution in [0.4, 0.5) is 8.78 Å². The minimum absolute atomic E-state index is 0.0118. The molecule has 0 spiro atoms. The van der Waals surface area contributed by atoms with Crippen molar-refractivity contribution < 1.29 is 8.78 Å². The Morgan fingerprint density at radius 2 is 2.07 bits per heavy atom. The molecule has 0 unspecified atom stereocenters. The van der Waals surface area contributed by atoms with E-state index in [2.05, 4.69) is 20.9 Å². The van der Waals surface area contributed by atoms with Gasteiger partial charge < -0.3 is 4.57 Å². The van der Waals surface area contributed by atoms with Gasteiger partial charge in [0.05, 0.1) is 0 Å². The van der Waals surface area contributed by atoms with Crippen LogP contribution in [0, 0.1) is 0 Å². The molecular formula is C10H13BrF2N2. The van der Waals surface area contributed by atoms with E-state index in [0.29, 0.717) is 12.8 Å². The maximum Gasteiger partial charge on any atom is 0.248 e. The summed E-state index contributed by atoms with van der Waals surface area (Å²) in [6.07, 6.45) is 2.90. The van der Waals surface area contributed by atoms with Crippen LogP contribution in [0.25, 0.3) is 0 Å². The molecule has 1 heterocycles. The van der Waals surface area contributed by atoms with E-state index in [1.807, 2.05) is 17.8 Å². The van der Waals surface area contributed by atoms with E-state index in [9.17, 15) is 8.78 Å². The van der Waals surface area contributed by atoms with Crippen molar-refractivity contribution in [1.29, 1.82) is 0 Å². The Kier molecular flexibility index (Phi) is 2.83. The zero-order valence-electron chi connectivity index (χ0n) is 8.51. The van der Waals surface area contributed by atoms with Gasteiger partial charge in [-0.1, -0.05) is 0 Å². The van der Waals surface area contributed by atoms with E-state index in [1.54, 1.807) is 0 Å². The van der Waals surface area contributed by atoms with Crippen molar-refractivity contribution in [3.05, 3.63) is 16.6 Å². The lowest BCUT2D eigenvalue weighted by molar-refractivity contribution is -0.0389. The second-order valence-electron chi connectivity index (χ2n) is 4.16. The molecular weight excluding hydrogens is 266 g/mol. The molecule has 5 heteroatoms. The monoisotopic (exact) mass is 278 g/mol. The van der Waals surface area contributed by atoms with Gasteiger partial charge in [-0.2, -0.15) is 0 Å². The third-order valence-electron chi connectivity index (χ3n) is 2.97. The first-order chi connectivity index (χ1) is 6.98. The van der Waals surface area contributed by atoms with Gasteiger partial charge in [0.1, 0.15) is 10.4 Å². The molecule has 0 saturated heterocycles. The van der Waals surface area contributed by atoms with Crippen molar-refractivity contribution in [1.82, 2.24) is 9.55 Å². The Bertz CT molecular complexity index is 352. The van der Waals surface area contributed by atoms with Gasteiger partial charge >= 0.3 is 0 Å². The smallest absolute Gasteiger partial charge is 0.248 e. The third-order valence-corrected chi connectivity index (χ3v) is 3.35. The van der Waals surface area contributed by atoms with Gasteiger partial charge in [0, 0.05) is 32.0 Å². The van der Waals surface area contributed by atoms with Crippen LogP contribution >= 0.6 is 15.9 Å². The Balaban J connectivity index is 2.11. The predicted octanol–water partition coefficient (Wildman–Crippen LogP) is 3.48. The van der Waals surface area contributed by atoms with E-state index in [0.717, 1.165) is 10.4 Å². The number of nitrogens with zero attached hydrogens (tertiary/aromatic N) is 2. The summed E-state index contributed by atoms with van der Waals surface area (Å²) in [5.41, 5.74) is 0. The number of hydrogen-bond acceptors (Lipinski definition) is 1. The van der Waals surface area contributed by atoms with E-state index < -0.39 is 5.92 Å². The third kappa shape index (κ3) is 2.38. The number of hydrogen-bond donors (Lipinski definition) is 0. The Morgan fingerprint density at radius 1 is 1.47 bits per heavy atom.